The predicted molar refractivity (Wildman–Crippen MR) is 164 cm³/mol. The molecule has 0 fully saturated rings. The Kier molecular flexibility index (Phi) is 10.6. The molecule has 0 unspecified atom stereocenters. The third kappa shape index (κ3) is 8.49. The van der Waals surface area contributed by atoms with Gasteiger partial charge in [-0.25, -0.2) is 0 Å². The Bertz CT molecular complexity index is 1680. The molecule has 0 atom stereocenters. The Morgan fingerprint density at radius 2 is 1.63 bits per heavy atom. The standard InChI is InChI=1S/C32H25Cl2N3O6/c1-2-41-30-16-22(11-12-29(30)42-19-21-7-4-3-5-8-21)20-43-31-27(33)14-23(15-28(31)34)13-24(18-35)32(38)36-25-9-6-10-26(17-25)37(39)40/h3-17H,2,19-20H2,1H3,(H,36,38)/b24-13-. The Balaban J connectivity index is 1.45. The van der Waals surface area contributed by atoms with Crippen molar-refractivity contribution in [1.29, 1.82) is 5.26 Å². The fourth-order valence-electron chi connectivity index (χ4n) is 3.93. The number of hydrogen-bond donors (Lipinski definition) is 1. The second kappa shape index (κ2) is 14.7. The SMILES string of the molecule is CCOc1cc(COc2c(Cl)cc(/C=C(/C#N)C(=O)Nc3cccc([N+](=O)[O-])c3)cc2Cl)ccc1OCc1ccccc1. The average molecular weight is 618 g/mol. The first-order valence-corrected chi connectivity index (χ1v) is 13.7. The highest BCUT2D eigenvalue weighted by Crippen LogP contribution is 2.36. The van der Waals surface area contributed by atoms with Gasteiger partial charge in [0, 0.05) is 17.8 Å². The van der Waals surface area contributed by atoms with Gasteiger partial charge in [0.2, 0.25) is 0 Å². The molecular formula is C32H25Cl2N3O6. The first-order valence-electron chi connectivity index (χ1n) is 13.0. The van der Waals surface area contributed by atoms with E-state index >= 15 is 0 Å². The van der Waals surface area contributed by atoms with Crippen LogP contribution in [0.4, 0.5) is 11.4 Å². The van der Waals surface area contributed by atoms with Gasteiger partial charge in [-0.05, 0) is 60.0 Å². The van der Waals surface area contributed by atoms with Gasteiger partial charge >= 0.3 is 0 Å². The maximum atomic E-state index is 12.7. The van der Waals surface area contributed by atoms with E-state index < -0.39 is 10.8 Å². The minimum Gasteiger partial charge on any atom is -0.490 e. The Morgan fingerprint density at radius 3 is 2.30 bits per heavy atom. The van der Waals surface area contributed by atoms with E-state index in [1.807, 2.05) is 61.5 Å². The lowest BCUT2D eigenvalue weighted by atomic mass is 10.1. The number of anilines is 1. The fourth-order valence-corrected chi connectivity index (χ4v) is 4.55. The zero-order valence-electron chi connectivity index (χ0n) is 22.9. The lowest BCUT2D eigenvalue weighted by molar-refractivity contribution is -0.384. The number of nitro groups is 1. The third-order valence-electron chi connectivity index (χ3n) is 5.94. The van der Waals surface area contributed by atoms with Crippen molar-refractivity contribution in [3.05, 3.63) is 127 Å². The third-order valence-corrected chi connectivity index (χ3v) is 6.50. The van der Waals surface area contributed by atoms with Gasteiger partial charge in [-0.3, -0.25) is 14.9 Å². The number of carbonyl (C=O) groups excluding carboxylic acids is 1. The van der Waals surface area contributed by atoms with E-state index in [4.69, 9.17) is 37.4 Å². The monoisotopic (exact) mass is 617 g/mol. The summed E-state index contributed by atoms with van der Waals surface area (Å²) in [5.41, 5.74) is 1.91. The Hall–Kier alpha value is -5.04. The molecule has 4 aromatic carbocycles. The topological polar surface area (TPSA) is 124 Å². The molecule has 1 N–H and O–H groups in total. The number of nitrogens with one attached hydrogen (secondary N) is 1. The van der Waals surface area contributed by atoms with Gasteiger partial charge in [0.25, 0.3) is 11.6 Å². The summed E-state index contributed by atoms with van der Waals surface area (Å²) in [7, 11) is 0. The number of rotatable bonds is 12. The number of nitriles is 1. The molecule has 43 heavy (non-hydrogen) atoms. The van der Waals surface area contributed by atoms with E-state index in [9.17, 15) is 20.2 Å². The van der Waals surface area contributed by atoms with Crippen molar-refractivity contribution in [3.63, 3.8) is 0 Å². The van der Waals surface area contributed by atoms with Crippen LogP contribution in [0.15, 0.2) is 90.5 Å². The quantitative estimate of drug-likeness (QED) is 0.0738. The molecule has 9 nitrogen and oxygen atoms in total. The summed E-state index contributed by atoms with van der Waals surface area (Å²) in [5, 5.41) is 23.4. The van der Waals surface area contributed by atoms with Gasteiger partial charge in [-0.2, -0.15) is 5.26 Å². The van der Waals surface area contributed by atoms with Crippen LogP contribution in [0.3, 0.4) is 0 Å². The van der Waals surface area contributed by atoms with E-state index in [1.54, 1.807) is 0 Å². The summed E-state index contributed by atoms with van der Waals surface area (Å²) < 4.78 is 17.7. The fraction of sp³-hybridized carbons (Fsp3) is 0.125. The predicted octanol–water partition coefficient (Wildman–Crippen LogP) is 8.00. The number of benzene rings is 4. The molecule has 0 saturated heterocycles. The van der Waals surface area contributed by atoms with Crippen molar-refractivity contribution >= 4 is 46.6 Å². The van der Waals surface area contributed by atoms with Crippen LogP contribution >= 0.6 is 23.2 Å². The first kappa shape index (κ1) is 30.9. The van der Waals surface area contributed by atoms with Crippen LogP contribution in [0, 0.1) is 21.4 Å². The number of halogens is 2. The van der Waals surface area contributed by atoms with Crippen LogP contribution < -0.4 is 19.5 Å². The van der Waals surface area contributed by atoms with Crippen LogP contribution in [0.1, 0.15) is 23.6 Å². The van der Waals surface area contributed by atoms with Crippen molar-refractivity contribution < 1.29 is 23.9 Å². The summed E-state index contributed by atoms with van der Waals surface area (Å²) in [6.07, 6.45) is 1.30. The summed E-state index contributed by atoms with van der Waals surface area (Å²) >= 11 is 12.9. The number of carbonyl (C=O) groups is 1. The molecule has 0 aliphatic rings. The highest BCUT2D eigenvalue weighted by atomic mass is 35.5. The minimum atomic E-state index is -0.753. The second-order valence-electron chi connectivity index (χ2n) is 9.02. The lowest BCUT2D eigenvalue weighted by Crippen LogP contribution is -2.13. The second-order valence-corrected chi connectivity index (χ2v) is 9.84. The lowest BCUT2D eigenvalue weighted by Gasteiger charge is -2.15. The number of ether oxygens (including phenoxy) is 3. The number of amides is 1. The van der Waals surface area contributed by atoms with Crippen molar-refractivity contribution in [2.75, 3.05) is 11.9 Å². The van der Waals surface area contributed by atoms with Crippen LogP contribution in [0.2, 0.25) is 10.0 Å². The van der Waals surface area contributed by atoms with Gasteiger partial charge in [0.15, 0.2) is 17.2 Å². The van der Waals surface area contributed by atoms with Crippen molar-refractivity contribution in [3.8, 4) is 23.3 Å². The average Bonchev–Trinajstić information content (AvgIpc) is 2.99. The van der Waals surface area contributed by atoms with Gasteiger partial charge in [0.1, 0.15) is 24.9 Å². The highest BCUT2D eigenvalue weighted by Gasteiger charge is 2.15. The van der Waals surface area contributed by atoms with Gasteiger partial charge < -0.3 is 19.5 Å². The van der Waals surface area contributed by atoms with Crippen LogP contribution in [0.5, 0.6) is 17.2 Å². The number of hydrogen-bond acceptors (Lipinski definition) is 7. The van der Waals surface area contributed by atoms with E-state index in [-0.39, 0.29) is 39.3 Å². The minimum absolute atomic E-state index is 0.128. The van der Waals surface area contributed by atoms with E-state index in [2.05, 4.69) is 5.32 Å². The van der Waals surface area contributed by atoms with Crippen molar-refractivity contribution in [1.82, 2.24) is 0 Å². The molecule has 1 amide bonds. The van der Waals surface area contributed by atoms with Gasteiger partial charge in [0.05, 0.1) is 21.6 Å². The van der Waals surface area contributed by atoms with E-state index in [0.29, 0.717) is 30.3 Å². The summed E-state index contributed by atoms with van der Waals surface area (Å²) in [6, 6.07) is 25.5. The normalized spacial score (nSPS) is 10.9. The maximum absolute atomic E-state index is 12.7. The van der Waals surface area contributed by atoms with E-state index in [1.165, 1.54) is 42.5 Å². The van der Waals surface area contributed by atoms with Crippen molar-refractivity contribution in [2.45, 2.75) is 20.1 Å². The molecule has 0 saturated carbocycles. The molecule has 0 aliphatic carbocycles. The van der Waals surface area contributed by atoms with E-state index in [0.717, 1.165) is 11.1 Å². The highest BCUT2D eigenvalue weighted by molar-refractivity contribution is 6.37. The number of nitrogens with zero attached hydrogens (tertiary/aromatic N) is 2. The molecule has 0 aromatic heterocycles. The largest absolute Gasteiger partial charge is 0.490 e. The first-order chi connectivity index (χ1) is 20.8. The van der Waals surface area contributed by atoms with Gasteiger partial charge in [-0.15, -0.1) is 0 Å². The Morgan fingerprint density at radius 1 is 0.907 bits per heavy atom. The zero-order valence-corrected chi connectivity index (χ0v) is 24.4. The molecular weight excluding hydrogens is 593 g/mol. The zero-order chi connectivity index (χ0) is 30.8. The van der Waals surface area contributed by atoms with Crippen LogP contribution in [-0.4, -0.2) is 17.4 Å². The van der Waals surface area contributed by atoms with Crippen LogP contribution in [0.25, 0.3) is 6.08 Å². The number of non-ortho nitro benzene ring substituents is 1. The molecule has 11 heteroatoms. The molecule has 0 aliphatic heterocycles. The van der Waals surface area contributed by atoms with Crippen LogP contribution in [-0.2, 0) is 18.0 Å². The molecule has 0 spiro atoms. The summed E-state index contributed by atoms with van der Waals surface area (Å²) in [6.45, 7) is 2.86. The maximum Gasteiger partial charge on any atom is 0.271 e. The van der Waals surface area contributed by atoms with Gasteiger partial charge in [-0.1, -0.05) is 65.7 Å². The Labute approximate surface area is 258 Å². The molecule has 0 heterocycles. The summed E-state index contributed by atoms with van der Waals surface area (Å²) in [4.78, 5) is 23.1. The smallest absolute Gasteiger partial charge is 0.271 e. The molecule has 0 radical (unpaired) electrons. The number of nitro benzene ring substituents is 1. The van der Waals surface area contributed by atoms with Crippen molar-refractivity contribution in [2.24, 2.45) is 0 Å². The molecule has 218 valence electrons. The molecule has 0 bridgehead atoms. The molecule has 4 aromatic rings. The summed E-state index contributed by atoms with van der Waals surface area (Å²) in [5.74, 6) is 0.647. The molecule has 4 rings (SSSR count).